The molecule has 0 saturated carbocycles. The number of hydrogen-bond donors (Lipinski definition) is 1. The number of nitriles is 1. The highest BCUT2D eigenvalue weighted by Gasteiger charge is 2.27. The Bertz CT molecular complexity index is 940. The maximum Gasteiger partial charge on any atom is 0.125 e. The van der Waals surface area contributed by atoms with E-state index in [1.807, 2.05) is 24.3 Å². The molecule has 4 rings (SSSR count). The molecule has 1 atom stereocenters. The van der Waals surface area contributed by atoms with Crippen LogP contribution >= 0.6 is 0 Å². The maximum absolute atomic E-state index is 13.4. The summed E-state index contributed by atoms with van der Waals surface area (Å²) in [6.07, 6.45) is 3.30. The summed E-state index contributed by atoms with van der Waals surface area (Å²) in [6.45, 7) is 1.69. The average molecular weight is 334 g/mol. The number of nitrogens with zero attached hydrogens (tertiary/aromatic N) is 3. The molecule has 0 spiro atoms. The van der Waals surface area contributed by atoms with Crippen LogP contribution in [0.2, 0.25) is 0 Å². The number of aromatic amines is 1. The number of hydrogen-bond acceptors (Lipinski definition) is 3. The molecule has 1 fully saturated rings. The van der Waals surface area contributed by atoms with Crippen molar-refractivity contribution >= 4 is 11.0 Å². The highest BCUT2D eigenvalue weighted by Crippen LogP contribution is 2.32. The third-order valence-electron chi connectivity index (χ3n) is 4.90. The summed E-state index contributed by atoms with van der Waals surface area (Å²) in [7, 11) is 0. The second-order valence-corrected chi connectivity index (χ2v) is 6.53. The molecule has 0 aliphatic carbocycles. The van der Waals surface area contributed by atoms with Crippen molar-refractivity contribution in [2.45, 2.75) is 31.8 Å². The van der Waals surface area contributed by atoms with Crippen LogP contribution in [-0.4, -0.2) is 21.4 Å². The number of H-pyrrole nitrogens is 1. The fraction of sp³-hybridized carbons (Fsp3) is 0.300. The molecule has 5 heteroatoms. The van der Waals surface area contributed by atoms with Gasteiger partial charge in [-0.15, -0.1) is 0 Å². The summed E-state index contributed by atoms with van der Waals surface area (Å²) in [5.74, 6) is 0.626. The Labute approximate surface area is 145 Å². The second kappa shape index (κ2) is 6.66. The second-order valence-electron chi connectivity index (χ2n) is 6.53. The Kier molecular flexibility index (Phi) is 4.21. The van der Waals surface area contributed by atoms with E-state index < -0.39 is 0 Å². The summed E-state index contributed by atoms with van der Waals surface area (Å²) >= 11 is 0. The third-order valence-corrected chi connectivity index (χ3v) is 4.90. The molecule has 126 valence electrons. The molecule has 0 unspecified atom stereocenters. The minimum Gasteiger partial charge on any atom is -0.341 e. The van der Waals surface area contributed by atoms with Crippen molar-refractivity contribution < 1.29 is 4.39 Å². The van der Waals surface area contributed by atoms with Gasteiger partial charge in [0, 0.05) is 6.54 Å². The zero-order valence-corrected chi connectivity index (χ0v) is 13.9. The number of aromatic nitrogens is 2. The van der Waals surface area contributed by atoms with E-state index in [1.165, 1.54) is 12.1 Å². The summed E-state index contributed by atoms with van der Waals surface area (Å²) in [6, 6.07) is 14.8. The standard InChI is InChI=1S/C20H19FN4/c21-16-8-9-17-18(11-16)24-20(23-17)19-7-3-4-10-25(19)13-15-6-2-1-5-14(15)12-22/h1-2,5-6,8-9,11,19H,3-4,7,10,13H2,(H,23,24)/t19-/m1/s1. The predicted molar refractivity (Wildman–Crippen MR) is 94.2 cm³/mol. The van der Waals surface area contributed by atoms with Gasteiger partial charge >= 0.3 is 0 Å². The predicted octanol–water partition coefficient (Wildman–Crippen LogP) is 4.30. The summed E-state index contributed by atoms with van der Waals surface area (Å²) in [5, 5.41) is 9.33. The van der Waals surface area contributed by atoms with Gasteiger partial charge in [-0.2, -0.15) is 5.26 Å². The lowest BCUT2D eigenvalue weighted by Crippen LogP contribution is -2.33. The van der Waals surface area contributed by atoms with E-state index in [4.69, 9.17) is 0 Å². The van der Waals surface area contributed by atoms with Gasteiger partial charge < -0.3 is 4.98 Å². The molecule has 0 radical (unpaired) electrons. The molecule has 0 amide bonds. The van der Waals surface area contributed by atoms with Crippen molar-refractivity contribution in [2.75, 3.05) is 6.54 Å². The van der Waals surface area contributed by atoms with Gasteiger partial charge in [0.15, 0.2) is 0 Å². The quantitative estimate of drug-likeness (QED) is 0.777. The molecule has 0 bridgehead atoms. The molecule has 3 aromatic rings. The number of rotatable bonds is 3. The number of piperidine rings is 1. The van der Waals surface area contributed by atoms with Gasteiger partial charge in [0.1, 0.15) is 11.6 Å². The maximum atomic E-state index is 13.4. The SMILES string of the molecule is N#Cc1ccccc1CN1CCCC[C@@H]1c1nc2ccc(F)cc2[nH]1. The summed E-state index contributed by atoms with van der Waals surface area (Å²) < 4.78 is 13.4. The first-order chi connectivity index (χ1) is 12.2. The van der Waals surface area contributed by atoms with E-state index in [0.29, 0.717) is 0 Å². The van der Waals surface area contributed by atoms with Gasteiger partial charge in [-0.05, 0) is 49.2 Å². The van der Waals surface area contributed by atoms with Crippen molar-refractivity contribution in [1.82, 2.24) is 14.9 Å². The molecule has 1 aromatic heterocycles. The number of nitrogens with one attached hydrogen (secondary N) is 1. The molecule has 1 N–H and O–H groups in total. The lowest BCUT2D eigenvalue weighted by Gasteiger charge is -2.34. The monoisotopic (exact) mass is 334 g/mol. The molecular weight excluding hydrogens is 315 g/mol. The Hall–Kier alpha value is -2.71. The van der Waals surface area contributed by atoms with Gasteiger partial charge in [0.05, 0.1) is 28.7 Å². The summed E-state index contributed by atoms with van der Waals surface area (Å²) in [4.78, 5) is 10.3. The number of halogens is 1. The van der Waals surface area contributed by atoms with E-state index >= 15 is 0 Å². The first-order valence-electron chi connectivity index (χ1n) is 8.62. The zero-order chi connectivity index (χ0) is 17.2. The molecule has 2 aromatic carbocycles. The molecule has 25 heavy (non-hydrogen) atoms. The van der Waals surface area contributed by atoms with Gasteiger partial charge in [0.2, 0.25) is 0 Å². The Morgan fingerprint density at radius 1 is 1.24 bits per heavy atom. The lowest BCUT2D eigenvalue weighted by molar-refractivity contribution is 0.134. The van der Waals surface area contributed by atoms with E-state index in [2.05, 4.69) is 20.9 Å². The van der Waals surface area contributed by atoms with Gasteiger partial charge in [-0.3, -0.25) is 4.90 Å². The van der Waals surface area contributed by atoms with Crippen LogP contribution in [0.1, 0.15) is 42.3 Å². The van der Waals surface area contributed by atoms with Crippen LogP contribution < -0.4 is 0 Å². The molecule has 1 saturated heterocycles. The molecule has 2 heterocycles. The fourth-order valence-electron chi connectivity index (χ4n) is 3.64. The largest absolute Gasteiger partial charge is 0.341 e. The minimum absolute atomic E-state index is 0.163. The fourth-order valence-corrected chi connectivity index (χ4v) is 3.64. The van der Waals surface area contributed by atoms with Crippen LogP contribution in [0.3, 0.4) is 0 Å². The number of likely N-dealkylation sites (tertiary alicyclic amines) is 1. The van der Waals surface area contributed by atoms with E-state index in [1.54, 1.807) is 6.07 Å². The minimum atomic E-state index is -0.258. The van der Waals surface area contributed by atoms with Crippen LogP contribution in [0.4, 0.5) is 4.39 Å². The average Bonchev–Trinajstić information content (AvgIpc) is 3.05. The molecule has 4 nitrogen and oxygen atoms in total. The number of imidazole rings is 1. The normalized spacial score (nSPS) is 18.3. The van der Waals surface area contributed by atoms with Gasteiger partial charge in [0.25, 0.3) is 0 Å². The van der Waals surface area contributed by atoms with Crippen LogP contribution in [0.15, 0.2) is 42.5 Å². The van der Waals surface area contributed by atoms with E-state index in [0.717, 1.165) is 60.3 Å². The Balaban J connectivity index is 1.65. The van der Waals surface area contributed by atoms with E-state index in [-0.39, 0.29) is 11.9 Å². The first-order valence-corrected chi connectivity index (χ1v) is 8.62. The Morgan fingerprint density at radius 3 is 3.00 bits per heavy atom. The smallest absolute Gasteiger partial charge is 0.125 e. The van der Waals surface area contributed by atoms with Crippen LogP contribution in [-0.2, 0) is 6.54 Å². The van der Waals surface area contributed by atoms with Crippen LogP contribution in [0.5, 0.6) is 0 Å². The Morgan fingerprint density at radius 2 is 2.12 bits per heavy atom. The highest BCUT2D eigenvalue weighted by atomic mass is 19.1. The number of fused-ring (bicyclic) bond motifs is 1. The molecular formula is C20H19FN4. The third kappa shape index (κ3) is 3.13. The van der Waals surface area contributed by atoms with Crippen LogP contribution in [0.25, 0.3) is 11.0 Å². The van der Waals surface area contributed by atoms with Crippen molar-refractivity contribution in [1.29, 1.82) is 5.26 Å². The van der Waals surface area contributed by atoms with Crippen molar-refractivity contribution in [3.63, 3.8) is 0 Å². The van der Waals surface area contributed by atoms with E-state index in [9.17, 15) is 9.65 Å². The van der Waals surface area contributed by atoms with Gasteiger partial charge in [-0.1, -0.05) is 24.6 Å². The van der Waals surface area contributed by atoms with Crippen molar-refractivity contribution in [3.05, 3.63) is 65.2 Å². The summed E-state index contributed by atoms with van der Waals surface area (Å²) in [5.41, 5.74) is 3.29. The molecule has 1 aliphatic rings. The first kappa shape index (κ1) is 15.8. The lowest BCUT2D eigenvalue weighted by atomic mass is 9.99. The van der Waals surface area contributed by atoms with Crippen molar-refractivity contribution in [2.24, 2.45) is 0 Å². The zero-order valence-electron chi connectivity index (χ0n) is 13.9. The topological polar surface area (TPSA) is 55.7 Å². The highest BCUT2D eigenvalue weighted by molar-refractivity contribution is 5.75. The van der Waals surface area contributed by atoms with Crippen LogP contribution in [0, 0.1) is 17.1 Å². The molecule has 1 aliphatic heterocycles. The van der Waals surface area contributed by atoms with Gasteiger partial charge in [-0.25, -0.2) is 9.37 Å². The van der Waals surface area contributed by atoms with Crippen molar-refractivity contribution in [3.8, 4) is 6.07 Å². The number of benzene rings is 2.